The second-order valence-corrected chi connectivity index (χ2v) is 9.46. The Morgan fingerprint density at radius 2 is 2.07 bits per heavy atom. The molecule has 0 aromatic heterocycles. The van der Waals surface area contributed by atoms with Crippen molar-refractivity contribution in [1.82, 2.24) is 4.90 Å². The molecular weight excluding hydrogens is 356 g/mol. The highest BCUT2D eigenvalue weighted by molar-refractivity contribution is 5.83. The van der Waals surface area contributed by atoms with Gasteiger partial charge in [-0.2, -0.15) is 0 Å². The summed E-state index contributed by atoms with van der Waals surface area (Å²) in [6.07, 6.45) is 5.42. The number of fused-ring (bicyclic) bond motifs is 3. The molecule has 5 unspecified atom stereocenters. The number of hydrogen-bond donors (Lipinski definition) is 2. The van der Waals surface area contributed by atoms with Crippen molar-refractivity contribution in [1.29, 1.82) is 0 Å². The number of carbonyl (C=O) groups excluding carboxylic acids is 1. The number of hydrogen-bond acceptors (Lipinski definition) is 6. The highest BCUT2D eigenvalue weighted by Gasteiger charge is 2.85. The Hall–Kier alpha value is -1.79. The number of esters is 1. The lowest BCUT2D eigenvalue weighted by Gasteiger charge is -2.72. The van der Waals surface area contributed by atoms with E-state index in [9.17, 15) is 9.90 Å². The predicted molar refractivity (Wildman–Crippen MR) is 103 cm³/mol. The van der Waals surface area contributed by atoms with Crippen LogP contribution in [0.5, 0.6) is 5.75 Å². The van der Waals surface area contributed by atoms with Gasteiger partial charge in [0.05, 0.1) is 36.8 Å². The number of rotatable bonds is 2. The summed E-state index contributed by atoms with van der Waals surface area (Å²) in [4.78, 5) is 15.4. The van der Waals surface area contributed by atoms with E-state index in [-0.39, 0.29) is 17.3 Å². The summed E-state index contributed by atoms with van der Waals surface area (Å²) < 4.78 is 11.0. The highest BCUT2D eigenvalue weighted by Crippen LogP contribution is 2.78. The molecule has 28 heavy (non-hydrogen) atoms. The Morgan fingerprint density at radius 3 is 2.86 bits per heavy atom. The SMILES string of the molecule is COC(=O)C1CC23CCCN4CCC5(c6cccc(OC)c6NC15CC2)C43O. The molecule has 0 radical (unpaired) electrons. The normalized spacial score (nSPS) is 45.0. The smallest absolute Gasteiger partial charge is 0.311 e. The third-order valence-corrected chi connectivity index (χ3v) is 9.12. The predicted octanol–water partition coefficient (Wildman–Crippen LogP) is 2.26. The summed E-state index contributed by atoms with van der Waals surface area (Å²) in [7, 11) is 3.17. The average molecular weight is 384 g/mol. The van der Waals surface area contributed by atoms with E-state index in [4.69, 9.17) is 9.47 Å². The zero-order chi connectivity index (χ0) is 19.4. The van der Waals surface area contributed by atoms with E-state index in [2.05, 4.69) is 16.3 Å². The van der Waals surface area contributed by atoms with Crippen molar-refractivity contribution in [2.24, 2.45) is 11.3 Å². The van der Waals surface area contributed by atoms with Crippen LogP contribution >= 0.6 is 0 Å². The molecule has 6 aliphatic rings. The molecular formula is C22H28N2O4. The minimum atomic E-state index is -0.925. The van der Waals surface area contributed by atoms with Crippen LogP contribution in [0, 0.1) is 11.3 Å². The van der Waals surface area contributed by atoms with E-state index >= 15 is 0 Å². The summed E-state index contributed by atoms with van der Waals surface area (Å²) in [6.45, 7) is 1.80. The first kappa shape index (κ1) is 17.1. The molecule has 2 N–H and O–H groups in total. The minimum absolute atomic E-state index is 0.149. The van der Waals surface area contributed by atoms with Crippen molar-refractivity contribution in [3.05, 3.63) is 23.8 Å². The van der Waals surface area contributed by atoms with E-state index in [1.165, 1.54) is 7.11 Å². The Labute approximate surface area is 165 Å². The Balaban J connectivity index is 1.69. The second-order valence-electron chi connectivity index (χ2n) is 9.46. The van der Waals surface area contributed by atoms with Gasteiger partial charge in [-0.25, -0.2) is 0 Å². The molecule has 6 heteroatoms. The first-order valence-corrected chi connectivity index (χ1v) is 10.5. The number of ether oxygens (including phenoxy) is 2. The summed E-state index contributed by atoms with van der Waals surface area (Å²) in [6, 6.07) is 6.12. The molecule has 3 aliphatic carbocycles. The van der Waals surface area contributed by atoms with Crippen LogP contribution in [0.3, 0.4) is 0 Å². The molecule has 150 valence electrons. The van der Waals surface area contributed by atoms with E-state index in [1.54, 1.807) is 7.11 Å². The Bertz CT molecular complexity index is 889. The van der Waals surface area contributed by atoms with Gasteiger partial charge in [-0.15, -0.1) is 0 Å². The van der Waals surface area contributed by atoms with Crippen LogP contribution < -0.4 is 10.1 Å². The van der Waals surface area contributed by atoms with Gasteiger partial charge in [0, 0.05) is 18.5 Å². The van der Waals surface area contributed by atoms with Crippen LogP contribution in [0.1, 0.15) is 44.1 Å². The summed E-state index contributed by atoms with van der Waals surface area (Å²) in [5.74, 6) is 0.375. The van der Waals surface area contributed by atoms with Crippen molar-refractivity contribution < 1.29 is 19.4 Å². The number of piperidine rings is 1. The van der Waals surface area contributed by atoms with Gasteiger partial charge < -0.3 is 19.9 Å². The molecule has 3 spiro atoms. The number of anilines is 1. The standard InChI is InChI=1S/C22H28N2O4/c1-27-16-6-3-5-14-17(16)23-21-9-8-19(13-15(21)18(25)28-2)7-4-11-24-12-10-20(14,21)22(19,24)26/h3,5-6,15,23,26H,4,7-13H2,1-2H3. The van der Waals surface area contributed by atoms with Gasteiger partial charge in [0.1, 0.15) is 11.5 Å². The van der Waals surface area contributed by atoms with Gasteiger partial charge >= 0.3 is 5.97 Å². The molecule has 2 saturated heterocycles. The molecule has 1 aromatic rings. The Kier molecular flexibility index (Phi) is 3.07. The number of nitrogens with one attached hydrogen (secondary N) is 1. The maximum Gasteiger partial charge on any atom is 0.311 e. The van der Waals surface area contributed by atoms with Crippen molar-refractivity contribution in [3.63, 3.8) is 0 Å². The summed E-state index contributed by atoms with van der Waals surface area (Å²) >= 11 is 0. The fourth-order valence-corrected chi connectivity index (χ4v) is 8.27. The molecule has 7 rings (SSSR count). The van der Waals surface area contributed by atoms with Crippen LogP contribution in [-0.4, -0.2) is 54.5 Å². The second kappa shape index (κ2) is 5.03. The van der Waals surface area contributed by atoms with Crippen molar-refractivity contribution in [2.45, 2.75) is 55.2 Å². The summed E-state index contributed by atoms with van der Waals surface area (Å²) in [5, 5.41) is 16.4. The monoisotopic (exact) mass is 384 g/mol. The van der Waals surface area contributed by atoms with Crippen molar-refractivity contribution in [3.8, 4) is 5.75 Å². The zero-order valence-corrected chi connectivity index (χ0v) is 16.6. The number of methoxy groups -OCH3 is 2. The first-order chi connectivity index (χ1) is 13.5. The van der Waals surface area contributed by atoms with Crippen LogP contribution in [0.15, 0.2) is 18.2 Å². The Morgan fingerprint density at radius 1 is 1.21 bits per heavy atom. The van der Waals surface area contributed by atoms with Gasteiger partial charge in [0.2, 0.25) is 0 Å². The number of benzene rings is 1. The third kappa shape index (κ3) is 1.44. The van der Waals surface area contributed by atoms with Crippen LogP contribution in [0.2, 0.25) is 0 Å². The van der Waals surface area contributed by atoms with Crippen molar-refractivity contribution in [2.75, 3.05) is 32.6 Å². The molecule has 5 atom stereocenters. The first-order valence-electron chi connectivity index (χ1n) is 10.5. The van der Waals surface area contributed by atoms with Crippen LogP contribution in [-0.2, 0) is 14.9 Å². The van der Waals surface area contributed by atoms with Gasteiger partial charge in [0.15, 0.2) is 0 Å². The lowest BCUT2D eigenvalue weighted by Crippen LogP contribution is -2.83. The van der Waals surface area contributed by atoms with Gasteiger partial charge in [-0.3, -0.25) is 9.69 Å². The summed E-state index contributed by atoms with van der Waals surface area (Å²) in [5.41, 5.74) is -0.145. The quantitative estimate of drug-likeness (QED) is 0.763. The molecule has 2 bridgehead atoms. The molecule has 0 amide bonds. The van der Waals surface area contributed by atoms with Crippen molar-refractivity contribution >= 4 is 11.7 Å². The third-order valence-electron chi connectivity index (χ3n) is 9.12. The number of nitrogens with zero attached hydrogens (tertiary/aromatic N) is 1. The molecule has 5 fully saturated rings. The average Bonchev–Trinajstić information content (AvgIpc) is 3.20. The van der Waals surface area contributed by atoms with E-state index < -0.39 is 16.7 Å². The van der Waals surface area contributed by atoms with Crippen LogP contribution in [0.4, 0.5) is 5.69 Å². The fraction of sp³-hybridized carbons (Fsp3) is 0.682. The van der Waals surface area contributed by atoms with E-state index in [1.807, 2.05) is 12.1 Å². The topological polar surface area (TPSA) is 71.0 Å². The number of para-hydroxylation sites is 1. The van der Waals surface area contributed by atoms with E-state index in [0.717, 1.165) is 62.2 Å². The van der Waals surface area contributed by atoms with E-state index in [0.29, 0.717) is 6.42 Å². The molecule has 3 saturated carbocycles. The molecule has 3 aliphatic heterocycles. The number of aliphatic hydroxyl groups is 1. The lowest BCUT2D eigenvalue weighted by molar-refractivity contribution is -0.297. The van der Waals surface area contributed by atoms with Gasteiger partial charge in [-0.1, -0.05) is 12.1 Å². The fourth-order valence-electron chi connectivity index (χ4n) is 8.27. The maximum atomic E-state index is 13.1. The van der Waals surface area contributed by atoms with Gasteiger partial charge in [0.25, 0.3) is 0 Å². The van der Waals surface area contributed by atoms with Crippen LogP contribution in [0.25, 0.3) is 0 Å². The minimum Gasteiger partial charge on any atom is -0.495 e. The zero-order valence-electron chi connectivity index (χ0n) is 16.6. The molecule has 1 aromatic carbocycles. The molecule has 3 heterocycles. The lowest BCUT2D eigenvalue weighted by atomic mass is 9.37. The molecule has 6 nitrogen and oxygen atoms in total. The maximum absolute atomic E-state index is 13.1. The number of carbonyl (C=O) groups is 1. The largest absolute Gasteiger partial charge is 0.495 e. The van der Waals surface area contributed by atoms with Gasteiger partial charge in [-0.05, 0) is 50.2 Å². The highest BCUT2D eigenvalue weighted by atomic mass is 16.5.